The van der Waals surface area contributed by atoms with Crippen molar-refractivity contribution >= 4 is 43.6 Å². The third-order valence-electron chi connectivity index (χ3n) is 10.9. The Balaban J connectivity index is 1.26. The van der Waals surface area contributed by atoms with Crippen LogP contribution in [0.4, 0.5) is 4.39 Å². The van der Waals surface area contributed by atoms with Crippen LogP contribution >= 0.6 is 0 Å². The Morgan fingerprint density at radius 1 is 0.351 bits per heavy atom. The Labute approximate surface area is 327 Å². The van der Waals surface area contributed by atoms with Gasteiger partial charge in [-0.3, -0.25) is 4.57 Å². The molecule has 11 rings (SSSR count). The van der Waals surface area contributed by atoms with Gasteiger partial charge >= 0.3 is 0 Å². The van der Waals surface area contributed by atoms with Crippen molar-refractivity contribution < 1.29 is 4.39 Å². The highest BCUT2D eigenvalue weighted by Gasteiger charge is 2.24. The van der Waals surface area contributed by atoms with Crippen LogP contribution in [0.3, 0.4) is 0 Å². The first-order valence-electron chi connectivity index (χ1n) is 19.0. The molecular formula is C51H32FN5. The number of rotatable bonds is 6. The summed E-state index contributed by atoms with van der Waals surface area (Å²) in [6, 6.07) is 65.5. The van der Waals surface area contributed by atoms with Crippen LogP contribution in [0.25, 0.3) is 100 Å². The Bertz CT molecular complexity index is 3220. The summed E-state index contributed by atoms with van der Waals surface area (Å²) in [5.41, 5.74) is 11.0. The van der Waals surface area contributed by atoms with Crippen LogP contribution in [0.5, 0.6) is 0 Å². The van der Waals surface area contributed by atoms with Crippen LogP contribution in [0.2, 0.25) is 0 Å². The molecule has 0 N–H and O–H groups in total. The van der Waals surface area contributed by atoms with Gasteiger partial charge in [0.1, 0.15) is 5.82 Å². The number of hydrogen-bond acceptors (Lipinski definition) is 3. The van der Waals surface area contributed by atoms with E-state index in [0.717, 1.165) is 82.7 Å². The maximum Gasteiger partial charge on any atom is 0.238 e. The van der Waals surface area contributed by atoms with Crippen LogP contribution in [0.1, 0.15) is 0 Å². The third kappa shape index (κ3) is 5.41. The van der Waals surface area contributed by atoms with Gasteiger partial charge in [-0.15, -0.1) is 0 Å². The maximum atomic E-state index is 14.1. The van der Waals surface area contributed by atoms with Gasteiger partial charge in [-0.2, -0.15) is 9.97 Å². The van der Waals surface area contributed by atoms with Crippen LogP contribution in [0, 0.1) is 5.82 Å². The minimum atomic E-state index is -0.258. The monoisotopic (exact) mass is 733 g/mol. The molecule has 5 nitrogen and oxygen atoms in total. The molecule has 57 heavy (non-hydrogen) atoms. The first-order valence-corrected chi connectivity index (χ1v) is 19.0. The molecule has 11 aromatic rings. The first kappa shape index (κ1) is 32.7. The molecule has 0 spiro atoms. The van der Waals surface area contributed by atoms with Crippen molar-refractivity contribution in [2.24, 2.45) is 0 Å². The van der Waals surface area contributed by atoms with E-state index in [9.17, 15) is 4.39 Å². The normalized spacial score (nSPS) is 11.6. The molecule has 3 aromatic heterocycles. The Morgan fingerprint density at radius 3 is 1.40 bits per heavy atom. The molecule has 268 valence electrons. The topological polar surface area (TPSA) is 48.5 Å². The van der Waals surface area contributed by atoms with E-state index in [0.29, 0.717) is 17.6 Å². The van der Waals surface area contributed by atoms with Crippen LogP contribution in [0.15, 0.2) is 194 Å². The van der Waals surface area contributed by atoms with Crippen molar-refractivity contribution in [3.8, 4) is 56.7 Å². The Hall–Kier alpha value is -7.70. The van der Waals surface area contributed by atoms with Gasteiger partial charge in [0.2, 0.25) is 5.95 Å². The van der Waals surface area contributed by atoms with Crippen molar-refractivity contribution in [1.82, 2.24) is 24.1 Å². The number of aromatic nitrogens is 5. The number of fused-ring (bicyclic) bond motifs is 7. The molecule has 6 heteroatoms. The summed E-state index contributed by atoms with van der Waals surface area (Å²) in [6.07, 6.45) is 0. The second kappa shape index (κ2) is 13.3. The van der Waals surface area contributed by atoms with Gasteiger partial charge in [-0.1, -0.05) is 158 Å². The highest BCUT2D eigenvalue weighted by atomic mass is 19.1. The predicted octanol–water partition coefficient (Wildman–Crippen LogP) is 12.9. The fraction of sp³-hybridized carbons (Fsp3) is 0. The second-order valence-corrected chi connectivity index (χ2v) is 14.2. The molecule has 0 amide bonds. The van der Waals surface area contributed by atoms with E-state index >= 15 is 0 Å². The van der Waals surface area contributed by atoms with Crippen molar-refractivity contribution in [2.75, 3.05) is 0 Å². The van der Waals surface area contributed by atoms with E-state index in [1.54, 1.807) is 0 Å². The van der Waals surface area contributed by atoms with E-state index in [-0.39, 0.29) is 5.82 Å². The lowest BCUT2D eigenvalue weighted by Gasteiger charge is -2.16. The summed E-state index contributed by atoms with van der Waals surface area (Å²) in [6.45, 7) is 0. The van der Waals surface area contributed by atoms with Crippen LogP contribution in [-0.4, -0.2) is 24.1 Å². The molecule has 0 aliphatic heterocycles. The number of hydrogen-bond donors (Lipinski definition) is 0. The van der Waals surface area contributed by atoms with E-state index in [1.165, 1.54) is 12.1 Å². The molecule has 3 heterocycles. The van der Waals surface area contributed by atoms with Crippen LogP contribution in [-0.2, 0) is 0 Å². The maximum absolute atomic E-state index is 14.1. The van der Waals surface area contributed by atoms with Crippen molar-refractivity contribution in [3.63, 3.8) is 0 Å². The summed E-state index contributed by atoms with van der Waals surface area (Å²) in [5.74, 6) is 1.48. The molecule has 8 aromatic carbocycles. The van der Waals surface area contributed by atoms with Gasteiger partial charge in [0, 0.05) is 38.4 Å². The molecule has 0 bridgehead atoms. The largest absolute Gasteiger partial charge is 0.307 e. The summed E-state index contributed by atoms with van der Waals surface area (Å²) in [7, 11) is 0. The zero-order valence-electron chi connectivity index (χ0n) is 30.6. The van der Waals surface area contributed by atoms with E-state index in [4.69, 9.17) is 15.0 Å². The Morgan fingerprint density at radius 2 is 0.825 bits per heavy atom. The van der Waals surface area contributed by atoms with E-state index in [1.807, 2.05) is 78.9 Å². The van der Waals surface area contributed by atoms with Gasteiger partial charge < -0.3 is 4.57 Å². The lowest BCUT2D eigenvalue weighted by Crippen LogP contribution is -2.07. The molecule has 0 fully saturated rings. The summed E-state index contributed by atoms with van der Waals surface area (Å²) in [5, 5.41) is 4.45. The number of nitrogens with zero attached hydrogens (tertiary/aromatic N) is 5. The average molecular weight is 734 g/mol. The minimum Gasteiger partial charge on any atom is -0.307 e. The smallest absolute Gasteiger partial charge is 0.238 e. The highest BCUT2D eigenvalue weighted by molar-refractivity contribution is 6.23. The third-order valence-corrected chi connectivity index (χ3v) is 10.9. The van der Waals surface area contributed by atoms with E-state index < -0.39 is 0 Å². The second-order valence-electron chi connectivity index (χ2n) is 14.2. The van der Waals surface area contributed by atoms with Gasteiger partial charge in [0.15, 0.2) is 11.6 Å². The standard InChI is InChI=1S/C51H32FN5/c52-37-26-24-34(25-27-37)39-29-28-38(32-44(39)33-14-4-1-5-15-33)56-45-22-12-10-20-40(45)42-30-31-43-41-21-11-13-23-46(41)57(48(43)47(42)56)51-54-49(35-16-6-2-7-17-35)53-50(55-51)36-18-8-3-9-19-36/h1-32H. The summed E-state index contributed by atoms with van der Waals surface area (Å²) >= 11 is 0. The zero-order chi connectivity index (χ0) is 37.9. The molecule has 0 unspecified atom stereocenters. The van der Waals surface area contributed by atoms with E-state index in [2.05, 4.69) is 112 Å². The molecule has 0 saturated heterocycles. The number of benzene rings is 8. The first-order chi connectivity index (χ1) is 28.2. The van der Waals surface area contributed by atoms with Crippen LogP contribution < -0.4 is 0 Å². The fourth-order valence-electron chi connectivity index (χ4n) is 8.28. The number of para-hydroxylation sites is 2. The minimum absolute atomic E-state index is 0.258. The fourth-order valence-corrected chi connectivity index (χ4v) is 8.28. The Kier molecular flexibility index (Phi) is 7.60. The molecule has 0 saturated carbocycles. The zero-order valence-corrected chi connectivity index (χ0v) is 30.6. The van der Waals surface area contributed by atoms with Gasteiger partial charge in [-0.25, -0.2) is 9.37 Å². The molecular weight excluding hydrogens is 702 g/mol. The predicted molar refractivity (Wildman–Crippen MR) is 230 cm³/mol. The highest BCUT2D eigenvalue weighted by Crippen LogP contribution is 2.43. The van der Waals surface area contributed by atoms with Gasteiger partial charge in [0.05, 0.1) is 22.1 Å². The summed E-state index contributed by atoms with van der Waals surface area (Å²) < 4.78 is 18.7. The SMILES string of the molecule is Fc1ccc(-c2ccc(-n3c4ccccc4c4ccc5c6ccccc6n(-c6nc(-c7ccccc7)nc(-c7ccccc7)n6)c5c43)cc2-c2ccccc2)cc1. The van der Waals surface area contributed by atoms with Gasteiger partial charge in [0.25, 0.3) is 0 Å². The van der Waals surface area contributed by atoms with Crippen molar-refractivity contribution in [1.29, 1.82) is 0 Å². The lowest BCUT2D eigenvalue weighted by molar-refractivity contribution is 0.628. The van der Waals surface area contributed by atoms with Crippen molar-refractivity contribution in [3.05, 3.63) is 200 Å². The average Bonchev–Trinajstić information content (AvgIpc) is 3.80. The molecule has 0 atom stereocenters. The van der Waals surface area contributed by atoms with Crippen molar-refractivity contribution in [2.45, 2.75) is 0 Å². The summed E-state index contributed by atoms with van der Waals surface area (Å²) in [4.78, 5) is 15.5. The molecule has 0 radical (unpaired) electrons. The molecule has 0 aliphatic carbocycles. The quantitative estimate of drug-likeness (QED) is 0.171. The van der Waals surface area contributed by atoms with Gasteiger partial charge in [-0.05, 0) is 58.7 Å². The lowest BCUT2D eigenvalue weighted by atomic mass is 9.94. The number of halogens is 1. The molecule has 0 aliphatic rings.